The second-order valence-corrected chi connectivity index (χ2v) is 5.04. The number of thiazole rings is 1. The van der Waals surface area contributed by atoms with E-state index in [0.29, 0.717) is 6.54 Å². The van der Waals surface area contributed by atoms with Gasteiger partial charge >= 0.3 is 0 Å². The van der Waals surface area contributed by atoms with Crippen molar-refractivity contribution in [2.75, 3.05) is 11.9 Å². The molecule has 0 atom stereocenters. The Labute approximate surface area is 120 Å². The molecule has 2 rings (SSSR count). The molecule has 0 aromatic carbocycles. The number of carbonyl (C=O) groups is 1. The Morgan fingerprint density at radius 1 is 1.40 bits per heavy atom. The average molecular weight is 294 g/mol. The summed E-state index contributed by atoms with van der Waals surface area (Å²) in [6, 6.07) is 1.36. The molecule has 106 valence electrons. The molecule has 0 radical (unpaired) electrons. The Morgan fingerprint density at radius 3 is 2.95 bits per heavy atom. The van der Waals surface area contributed by atoms with Gasteiger partial charge in [-0.25, -0.2) is 14.4 Å². The van der Waals surface area contributed by atoms with Crippen molar-refractivity contribution in [2.45, 2.75) is 19.9 Å². The zero-order valence-electron chi connectivity index (χ0n) is 11.0. The van der Waals surface area contributed by atoms with Gasteiger partial charge in [0.05, 0.1) is 12.1 Å². The number of pyridine rings is 1. The van der Waals surface area contributed by atoms with E-state index in [1.54, 1.807) is 6.20 Å². The summed E-state index contributed by atoms with van der Waals surface area (Å²) in [7, 11) is 0. The van der Waals surface area contributed by atoms with Gasteiger partial charge in [0.15, 0.2) is 11.6 Å². The zero-order valence-corrected chi connectivity index (χ0v) is 11.8. The first-order valence-electron chi connectivity index (χ1n) is 6.27. The first kappa shape index (κ1) is 14.4. The van der Waals surface area contributed by atoms with Crippen molar-refractivity contribution in [3.63, 3.8) is 0 Å². The van der Waals surface area contributed by atoms with Crippen LogP contribution >= 0.6 is 11.3 Å². The van der Waals surface area contributed by atoms with E-state index in [0.717, 1.165) is 11.4 Å². The Bertz CT molecular complexity index is 574. The number of nitrogens with zero attached hydrogens (tertiary/aromatic N) is 2. The van der Waals surface area contributed by atoms with Crippen LogP contribution in [-0.2, 0) is 6.54 Å². The smallest absolute Gasteiger partial charge is 0.254 e. The highest BCUT2D eigenvalue weighted by Gasteiger charge is 2.15. The van der Waals surface area contributed by atoms with Gasteiger partial charge in [-0.15, -0.1) is 11.3 Å². The lowest BCUT2D eigenvalue weighted by molar-refractivity contribution is 0.0947. The predicted molar refractivity (Wildman–Crippen MR) is 76.3 cm³/mol. The fraction of sp³-hybridized carbons (Fsp3) is 0.308. The van der Waals surface area contributed by atoms with Crippen LogP contribution in [0.5, 0.6) is 0 Å². The molecule has 0 aliphatic heterocycles. The van der Waals surface area contributed by atoms with Crippen molar-refractivity contribution < 1.29 is 9.18 Å². The van der Waals surface area contributed by atoms with Crippen LogP contribution in [0.25, 0.3) is 0 Å². The van der Waals surface area contributed by atoms with E-state index in [-0.39, 0.29) is 17.9 Å². The third-order valence-electron chi connectivity index (χ3n) is 2.56. The minimum atomic E-state index is -0.627. The van der Waals surface area contributed by atoms with Crippen molar-refractivity contribution in [3.05, 3.63) is 40.2 Å². The quantitative estimate of drug-likeness (QED) is 0.858. The highest BCUT2D eigenvalue weighted by atomic mass is 32.1. The molecule has 0 saturated heterocycles. The number of halogens is 1. The first-order chi connectivity index (χ1) is 9.72. The van der Waals surface area contributed by atoms with Crippen molar-refractivity contribution in [1.29, 1.82) is 0 Å². The third-order valence-corrected chi connectivity index (χ3v) is 3.34. The van der Waals surface area contributed by atoms with E-state index in [2.05, 4.69) is 20.6 Å². The van der Waals surface area contributed by atoms with E-state index >= 15 is 0 Å². The second-order valence-electron chi connectivity index (χ2n) is 4.06. The van der Waals surface area contributed by atoms with Crippen LogP contribution in [0, 0.1) is 5.82 Å². The van der Waals surface area contributed by atoms with Crippen LogP contribution in [0.1, 0.15) is 28.7 Å². The minimum absolute atomic E-state index is 0.0184. The molecule has 0 spiro atoms. The van der Waals surface area contributed by atoms with Crippen LogP contribution in [0.2, 0.25) is 0 Å². The molecule has 20 heavy (non-hydrogen) atoms. The SMILES string of the molecule is CCCNc1nccc(C(=O)NCc2nccs2)c1F. The maximum Gasteiger partial charge on any atom is 0.254 e. The van der Waals surface area contributed by atoms with Crippen LogP contribution in [0.3, 0.4) is 0 Å². The summed E-state index contributed by atoms with van der Waals surface area (Å²) in [4.78, 5) is 19.9. The Hall–Kier alpha value is -2.02. The molecule has 5 nitrogen and oxygen atoms in total. The molecule has 0 aliphatic rings. The van der Waals surface area contributed by atoms with Gasteiger partial charge in [-0.1, -0.05) is 6.92 Å². The van der Waals surface area contributed by atoms with E-state index in [9.17, 15) is 9.18 Å². The average Bonchev–Trinajstić information content (AvgIpc) is 2.97. The Balaban J connectivity index is 2.05. The molecule has 0 saturated carbocycles. The van der Waals surface area contributed by atoms with Gasteiger partial charge in [0, 0.05) is 24.3 Å². The summed E-state index contributed by atoms with van der Waals surface area (Å²) in [5, 5.41) is 8.09. The molecule has 0 aliphatic carbocycles. The summed E-state index contributed by atoms with van der Waals surface area (Å²) in [6.07, 6.45) is 3.92. The summed E-state index contributed by atoms with van der Waals surface area (Å²) in [5.41, 5.74) is -0.0184. The van der Waals surface area contributed by atoms with E-state index in [4.69, 9.17) is 0 Å². The fourth-order valence-electron chi connectivity index (χ4n) is 1.58. The fourth-order valence-corrected chi connectivity index (χ4v) is 2.13. The standard InChI is InChI=1S/C13H15FN4OS/c1-2-4-16-12-11(14)9(3-5-17-12)13(19)18-8-10-15-6-7-20-10/h3,5-7H,2,4,8H2,1H3,(H,16,17)(H,18,19). The monoisotopic (exact) mass is 294 g/mol. The Kier molecular flexibility index (Phi) is 5.00. The highest BCUT2D eigenvalue weighted by Crippen LogP contribution is 2.15. The van der Waals surface area contributed by atoms with Crippen LogP contribution in [0.15, 0.2) is 23.8 Å². The summed E-state index contributed by atoms with van der Waals surface area (Å²) >= 11 is 1.43. The maximum atomic E-state index is 14.1. The number of carbonyl (C=O) groups excluding carboxylic acids is 1. The number of aromatic nitrogens is 2. The molecule has 0 fully saturated rings. The second kappa shape index (κ2) is 6.95. The Morgan fingerprint density at radius 2 is 2.25 bits per heavy atom. The molecule has 2 aromatic rings. The zero-order chi connectivity index (χ0) is 14.4. The van der Waals surface area contributed by atoms with Gasteiger partial charge in [0.2, 0.25) is 0 Å². The molecule has 0 unspecified atom stereocenters. The van der Waals surface area contributed by atoms with Gasteiger partial charge in [-0.3, -0.25) is 4.79 Å². The van der Waals surface area contributed by atoms with E-state index < -0.39 is 11.7 Å². The van der Waals surface area contributed by atoms with Crippen molar-refractivity contribution in [3.8, 4) is 0 Å². The molecule has 2 N–H and O–H groups in total. The topological polar surface area (TPSA) is 66.9 Å². The van der Waals surface area contributed by atoms with Crippen molar-refractivity contribution in [1.82, 2.24) is 15.3 Å². The molecule has 7 heteroatoms. The highest BCUT2D eigenvalue weighted by molar-refractivity contribution is 7.09. The molecule has 2 aromatic heterocycles. The van der Waals surface area contributed by atoms with Gasteiger partial charge in [0.1, 0.15) is 5.01 Å². The number of hydrogen-bond acceptors (Lipinski definition) is 5. The summed E-state index contributed by atoms with van der Waals surface area (Å²) < 4.78 is 14.1. The number of rotatable bonds is 6. The lowest BCUT2D eigenvalue weighted by Crippen LogP contribution is -2.24. The minimum Gasteiger partial charge on any atom is -0.368 e. The summed E-state index contributed by atoms with van der Waals surface area (Å²) in [5.74, 6) is -0.994. The first-order valence-corrected chi connectivity index (χ1v) is 7.15. The maximum absolute atomic E-state index is 14.1. The lowest BCUT2D eigenvalue weighted by Gasteiger charge is -2.09. The molecule has 0 bridgehead atoms. The van der Waals surface area contributed by atoms with E-state index in [1.807, 2.05) is 12.3 Å². The van der Waals surface area contributed by atoms with Crippen LogP contribution < -0.4 is 10.6 Å². The summed E-state index contributed by atoms with van der Waals surface area (Å²) in [6.45, 7) is 2.86. The van der Waals surface area contributed by atoms with Gasteiger partial charge in [0.25, 0.3) is 5.91 Å². The molecule has 2 heterocycles. The van der Waals surface area contributed by atoms with E-state index in [1.165, 1.54) is 23.6 Å². The molecule has 1 amide bonds. The number of hydrogen-bond donors (Lipinski definition) is 2. The number of nitrogens with one attached hydrogen (secondary N) is 2. The number of amides is 1. The van der Waals surface area contributed by atoms with Crippen LogP contribution in [0.4, 0.5) is 10.2 Å². The largest absolute Gasteiger partial charge is 0.368 e. The van der Waals surface area contributed by atoms with Crippen LogP contribution in [-0.4, -0.2) is 22.4 Å². The van der Waals surface area contributed by atoms with Gasteiger partial charge < -0.3 is 10.6 Å². The molecular formula is C13H15FN4OS. The number of anilines is 1. The van der Waals surface area contributed by atoms with Crippen molar-refractivity contribution in [2.24, 2.45) is 0 Å². The van der Waals surface area contributed by atoms with Crippen molar-refractivity contribution >= 4 is 23.1 Å². The normalized spacial score (nSPS) is 10.3. The van der Waals surface area contributed by atoms with Gasteiger partial charge in [-0.2, -0.15) is 0 Å². The predicted octanol–water partition coefficient (Wildman–Crippen LogP) is 2.43. The van der Waals surface area contributed by atoms with Gasteiger partial charge in [-0.05, 0) is 12.5 Å². The third kappa shape index (κ3) is 3.51. The lowest BCUT2D eigenvalue weighted by atomic mass is 10.2. The molecular weight excluding hydrogens is 279 g/mol.